The third-order valence-electron chi connectivity index (χ3n) is 5.46. The summed E-state index contributed by atoms with van der Waals surface area (Å²) in [6, 6.07) is 5.98. The quantitative estimate of drug-likeness (QED) is 0.759. The van der Waals surface area contributed by atoms with Crippen molar-refractivity contribution in [1.29, 1.82) is 0 Å². The first-order valence-corrected chi connectivity index (χ1v) is 7.01. The van der Waals surface area contributed by atoms with Crippen LogP contribution in [0.15, 0.2) is 18.2 Å². The fourth-order valence-electron chi connectivity index (χ4n) is 4.00. The van der Waals surface area contributed by atoms with Crippen molar-refractivity contribution in [2.45, 2.75) is 32.1 Å². The minimum absolute atomic E-state index is 0.224. The summed E-state index contributed by atoms with van der Waals surface area (Å²) in [5.41, 5.74) is 3.07. The average molecular weight is 245 g/mol. The molecule has 2 bridgehead atoms. The van der Waals surface area contributed by atoms with Crippen LogP contribution in [0.1, 0.15) is 31.4 Å². The molecule has 0 spiro atoms. The number of phenolic OH excluding ortho intramolecular Hbond substituents is 1. The number of fused-ring (bicyclic) bond motifs is 4. The number of nitrogens with zero attached hydrogens (tertiary/aromatic N) is 1. The lowest BCUT2D eigenvalue weighted by molar-refractivity contribution is 0.197. The zero-order chi connectivity index (χ0) is 12.9. The van der Waals surface area contributed by atoms with E-state index in [1.54, 1.807) is 0 Å². The molecule has 98 valence electrons. The number of rotatable bonds is 0. The molecule has 1 fully saturated rings. The predicted molar refractivity (Wildman–Crippen MR) is 73.9 cm³/mol. The minimum atomic E-state index is 0.224. The largest absolute Gasteiger partial charge is 0.508 e. The van der Waals surface area contributed by atoms with E-state index in [1.165, 1.54) is 24.1 Å². The van der Waals surface area contributed by atoms with E-state index in [2.05, 4.69) is 31.9 Å². The van der Waals surface area contributed by atoms with Gasteiger partial charge in [-0.3, -0.25) is 0 Å². The van der Waals surface area contributed by atoms with Gasteiger partial charge in [-0.05, 0) is 66.9 Å². The molecule has 18 heavy (non-hydrogen) atoms. The van der Waals surface area contributed by atoms with Crippen molar-refractivity contribution < 1.29 is 5.11 Å². The Labute approximate surface area is 110 Å². The Morgan fingerprint density at radius 2 is 2.17 bits per heavy atom. The van der Waals surface area contributed by atoms with Gasteiger partial charge >= 0.3 is 0 Å². The Balaban J connectivity index is 2.13. The van der Waals surface area contributed by atoms with Crippen LogP contribution in [-0.4, -0.2) is 30.1 Å². The zero-order valence-electron chi connectivity index (χ0n) is 11.6. The van der Waals surface area contributed by atoms with E-state index in [-0.39, 0.29) is 5.41 Å². The highest BCUT2D eigenvalue weighted by molar-refractivity contribution is 5.43. The SMILES string of the molecule is C[C@@H]1[C@@H]2Cc3ccc(O)cc3[C@]1(C)CCN(C)C2. The number of hydrogen-bond donors (Lipinski definition) is 1. The Morgan fingerprint density at radius 3 is 2.94 bits per heavy atom. The maximum absolute atomic E-state index is 9.80. The Morgan fingerprint density at radius 1 is 1.39 bits per heavy atom. The van der Waals surface area contributed by atoms with Gasteiger partial charge in [0.25, 0.3) is 0 Å². The smallest absolute Gasteiger partial charge is 0.115 e. The second kappa shape index (κ2) is 3.99. The molecule has 0 unspecified atom stereocenters. The van der Waals surface area contributed by atoms with Crippen LogP contribution in [0.4, 0.5) is 0 Å². The molecule has 3 atom stereocenters. The van der Waals surface area contributed by atoms with Crippen molar-refractivity contribution in [3.05, 3.63) is 29.3 Å². The first-order chi connectivity index (χ1) is 8.50. The summed E-state index contributed by atoms with van der Waals surface area (Å²) < 4.78 is 0. The van der Waals surface area contributed by atoms with Gasteiger partial charge in [0.05, 0.1) is 0 Å². The summed E-state index contributed by atoms with van der Waals surface area (Å²) in [6.07, 6.45) is 2.36. The number of hydrogen-bond acceptors (Lipinski definition) is 2. The lowest BCUT2D eigenvalue weighted by Gasteiger charge is -2.44. The number of likely N-dealkylation sites (tertiary alicyclic amines) is 1. The van der Waals surface area contributed by atoms with E-state index in [1.807, 2.05) is 12.1 Å². The third kappa shape index (κ3) is 1.66. The molecule has 1 aliphatic carbocycles. The lowest BCUT2D eigenvalue weighted by Crippen LogP contribution is -2.41. The standard InChI is InChI=1S/C16H23NO/c1-11-13-8-12-4-5-14(18)9-15(12)16(11,2)6-7-17(3)10-13/h4-5,9,11,13,18H,6-8,10H2,1-3H3/t11-,13-,16-/m1/s1. The van der Waals surface area contributed by atoms with Crippen LogP contribution >= 0.6 is 0 Å². The maximum Gasteiger partial charge on any atom is 0.115 e. The van der Waals surface area contributed by atoms with E-state index in [0.717, 1.165) is 18.9 Å². The molecule has 1 aliphatic heterocycles. The van der Waals surface area contributed by atoms with Gasteiger partial charge < -0.3 is 10.0 Å². The highest BCUT2D eigenvalue weighted by Gasteiger charge is 2.44. The van der Waals surface area contributed by atoms with Crippen molar-refractivity contribution in [2.24, 2.45) is 11.8 Å². The fraction of sp³-hybridized carbons (Fsp3) is 0.625. The normalized spacial score (nSPS) is 35.9. The highest BCUT2D eigenvalue weighted by atomic mass is 16.3. The summed E-state index contributed by atoms with van der Waals surface area (Å²) in [4.78, 5) is 2.47. The van der Waals surface area contributed by atoms with Gasteiger partial charge in [-0.2, -0.15) is 0 Å². The van der Waals surface area contributed by atoms with Crippen LogP contribution < -0.4 is 0 Å². The van der Waals surface area contributed by atoms with Gasteiger partial charge in [-0.1, -0.05) is 19.9 Å². The van der Waals surface area contributed by atoms with Crippen molar-refractivity contribution in [3.63, 3.8) is 0 Å². The van der Waals surface area contributed by atoms with Crippen LogP contribution in [0.25, 0.3) is 0 Å². The van der Waals surface area contributed by atoms with Gasteiger partial charge in [0, 0.05) is 6.54 Å². The summed E-state index contributed by atoms with van der Waals surface area (Å²) in [5, 5.41) is 9.80. The Bertz CT molecular complexity index is 470. The van der Waals surface area contributed by atoms with E-state index in [0.29, 0.717) is 11.7 Å². The van der Waals surface area contributed by atoms with Gasteiger partial charge in [0.2, 0.25) is 0 Å². The first-order valence-electron chi connectivity index (χ1n) is 7.01. The number of benzene rings is 1. The molecule has 3 rings (SSSR count). The van der Waals surface area contributed by atoms with Crippen molar-refractivity contribution in [3.8, 4) is 5.75 Å². The molecular weight excluding hydrogens is 222 g/mol. The first kappa shape index (κ1) is 12.0. The minimum Gasteiger partial charge on any atom is -0.508 e. The topological polar surface area (TPSA) is 23.5 Å². The van der Waals surface area contributed by atoms with E-state index < -0.39 is 0 Å². The predicted octanol–water partition coefficient (Wildman–Crippen LogP) is 2.79. The molecular formula is C16H23NO. The molecule has 0 radical (unpaired) electrons. The zero-order valence-corrected chi connectivity index (χ0v) is 11.6. The average Bonchev–Trinajstić information content (AvgIpc) is 2.41. The molecule has 2 aliphatic rings. The van der Waals surface area contributed by atoms with Crippen LogP contribution in [0, 0.1) is 11.8 Å². The summed E-state index contributed by atoms with van der Waals surface area (Å²) in [7, 11) is 2.24. The van der Waals surface area contributed by atoms with Crippen LogP contribution in [-0.2, 0) is 11.8 Å². The Hall–Kier alpha value is -1.02. The fourth-order valence-corrected chi connectivity index (χ4v) is 4.00. The number of phenols is 1. The van der Waals surface area contributed by atoms with Crippen molar-refractivity contribution >= 4 is 0 Å². The summed E-state index contributed by atoms with van der Waals surface area (Å²) in [6.45, 7) is 7.15. The molecule has 1 aromatic carbocycles. The van der Waals surface area contributed by atoms with Gasteiger partial charge in [0.15, 0.2) is 0 Å². The molecule has 1 heterocycles. The van der Waals surface area contributed by atoms with Crippen LogP contribution in [0.3, 0.4) is 0 Å². The molecule has 0 aromatic heterocycles. The van der Waals surface area contributed by atoms with Crippen LogP contribution in [0.2, 0.25) is 0 Å². The maximum atomic E-state index is 9.80. The molecule has 2 heteroatoms. The van der Waals surface area contributed by atoms with Crippen molar-refractivity contribution in [1.82, 2.24) is 4.90 Å². The van der Waals surface area contributed by atoms with Gasteiger partial charge in [-0.15, -0.1) is 0 Å². The Kier molecular flexibility index (Phi) is 2.67. The third-order valence-corrected chi connectivity index (χ3v) is 5.46. The molecule has 2 nitrogen and oxygen atoms in total. The summed E-state index contributed by atoms with van der Waals surface area (Å²) in [5.74, 6) is 1.86. The number of aromatic hydroxyl groups is 1. The second-order valence-electron chi connectivity index (χ2n) is 6.52. The molecule has 1 saturated heterocycles. The van der Waals surface area contributed by atoms with E-state index >= 15 is 0 Å². The molecule has 0 amide bonds. The van der Waals surface area contributed by atoms with Crippen LogP contribution in [0.5, 0.6) is 5.75 Å². The molecule has 1 aromatic rings. The lowest BCUT2D eigenvalue weighted by atomic mass is 9.60. The second-order valence-corrected chi connectivity index (χ2v) is 6.52. The molecule has 0 saturated carbocycles. The van der Waals surface area contributed by atoms with Crippen molar-refractivity contribution in [2.75, 3.05) is 20.1 Å². The van der Waals surface area contributed by atoms with E-state index in [9.17, 15) is 5.11 Å². The highest BCUT2D eigenvalue weighted by Crippen LogP contribution is 2.48. The summed E-state index contributed by atoms with van der Waals surface area (Å²) >= 11 is 0. The van der Waals surface area contributed by atoms with E-state index in [4.69, 9.17) is 0 Å². The van der Waals surface area contributed by atoms with Gasteiger partial charge in [0.1, 0.15) is 5.75 Å². The monoisotopic (exact) mass is 245 g/mol. The molecule has 1 N–H and O–H groups in total. The van der Waals surface area contributed by atoms with Gasteiger partial charge in [-0.25, -0.2) is 0 Å².